The van der Waals surface area contributed by atoms with Gasteiger partial charge in [-0.1, -0.05) is 18.2 Å². The SMILES string of the molecule is O=C(C1CCCN1)C1CNc2ccccc21. The number of hydrogen-bond donors (Lipinski definition) is 2. The molecule has 3 nitrogen and oxygen atoms in total. The Morgan fingerprint density at radius 1 is 1.31 bits per heavy atom. The van der Waals surface area contributed by atoms with Crippen LogP contribution in [0.5, 0.6) is 0 Å². The summed E-state index contributed by atoms with van der Waals surface area (Å²) in [5.74, 6) is 0.404. The molecule has 3 rings (SSSR count). The topological polar surface area (TPSA) is 41.1 Å². The third kappa shape index (κ3) is 1.52. The summed E-state index contributed by atoms with van der Waals surface area (Å²) >= 11 is 0. The summed E-state index contributed by atoms with van der Waals surface area (Å²) < 4.78 is 0. The van der Waals surface area contributed by atoms with Crippen molar-refractivity contribution in [3.63, 3.8) is 0 Å². The maximum atomic E-state index is 12.3. The van der Waals surface area contributed by atoms with Crippen molar-refractivity contribution in [1.29, 1.82) is 0 Å². The van der Waals surface area contributed by atoms with E-state index in [2.05, 4.69) is 16.7 Å². The van der Waals surface area contributed by atoms with E-state index in [1.165, 1.54) is 5.56 Å². The largest absolute Gasteiger partial charge is 0.384 e. The Labute approximate surface area is 95.2 Å². The van der Waals surface area contributed by atoms with Crippen LogP contribution in [0.2, 0.25) is 0 Å². The molecule has 2 unspecified atom stereocenters. The van der Waals surface area contributed by atoms with Crippen molar-refractivity contribution in [2.24, 2.45) is 0 Å². The van der Waals surface area contributed by atoms with Gasteiger partial charge in [0.05, 0.1) is 12.0 Å². The Bertz CT molecular complexity index is 410. The molecule has 2 aliphatic heterocycles. The van der Waals surface area contributed by atoms with Crippen molar-refractivity contribution in [3.05, 3.63) is 29.8 Å². The van der Waals surface area contributed by atoms with Gasteiger partial charge in [0.1, 0.15) is 0 Å². The standard InChI is InChI=1S/C13H16N2O/c16-13(12-6-3-7-14-12)10-8-15-11-5-2-1-4-9(10)11/h1-2,4-5,10,12,14-15H,3,6-8H2. The molecule has 2 N–H and O–H groups in total. The highest BCUT2D eigenvalue weighted by molar-refractivity contribution is 5.94. The van der Waals surface area contributed by atoms with Crippen LogP contribution in [0, 0.1) is 0 Å². The van der Waals surface area contributed by atoms with E-state index in [1.54, 1.807) is 0 Å². The Balaban J connectivity index is 1.84. The number of hydrogen-bond acceptors (Lipinski definition) is 3. The molecule has 2 aliphatic rings. The lowest BCUT2D eigenvalue weighted by Crippen LogP contribution is -2.35. The zero-order valence-electron chi connectivity index (χ0n) is 9.20. The first-order valence-corrected chi connectivity index (χ1v) is 5.96. The zero-order chi connectivity index (χ0) is 11.0. The molecule has 0 aliphatic carbocycles. The van der Waals surface area contributed by atoms with Gasteiger partial charge in [-0.05, 0) is 31.0 Å². The molecule has 1 aromatic carbocycles. The van der Waals surface area contributed by atoms with Gasteiger partial charge in [0.15, 0.2) is 5.78 Å². The summed E-state index contributed by atoms with van der Waals surface area (Å²) in [6, 6.07) is 8.20. The lowest BCUT2D eigenvalue weighted by atomic mass is 9.92. The Morgan fingerprint density at radius 3 is 3.00 bits per heavy atom. The first-order valence-electron chi connectivity index (χ1n) is 5.96. The number of para-hydroxylation sites is 1. The highest BCUT2D eigenvalue weighted by Gasteiger charge is 2.33. The zero-order valence-corrected chi connectivity index (χ0v) is 9.20. The van der Waals surface area contributed by atoms with Crippen LogP contribution in [0.4, 0.5) is 5.69 Å². The van der Waals surface area contributed by atoms with Crippen LogP contribution in [-0.2, 0) is 4.79 Å². The van der Waals surface area contributed by atoms with Crippen molar-refractivity contribution in [3.8, 4) is 0 Å². The minimum absolute atomic E-state index is 0.0480. The highest BCUT2D eigenvalue weighted by Crippen LogP contribution is 2.33. The number of benzene rings is 1. The molecule has 1 fully saturated rings. The Hall–Kier alpha value is -1.35. The number of anilines is 1. The van der Waals surface area contributed by atoms with E-state index < -0.39 is 0 Å². The molecule has 2 heterocycles. The molecule has 0 bridgehead atoms. The van der Waals surface area contributed by atoms with E-state index >= 15 is 0 Å². The molecule has 0 saturated carbocycles. The Morgan fingerprint density at radius 2 is 2.19 bits per heavy atom. The maximum absolute atomic E-state index is 12.3. The van der Waals surface area contributed by atoms with Crippen LogP contribution in [0.3, 0.4) is 0 Å². The summed E-state index contributed by atoms with van der Waals surface area (Å²) in [6.07, 6.45) is 2.12. The van der Waals surface area contributed by atoms with Gasteiger partial charge in [0, 0.05) is 12.2 Å². The molecule has 0 aromatic heterocycles. The quantitative estimate of drug-likeness (QED) is 0.787. The average Bonchev–Trinajstić information content (AvgIpc) is 2.98. The van der Waals surface area contributed by atoms with Gasteiger partial charge < -0.3 is 10.6 Å². The van der Waals surface area contributed by atoms with Crippen LogP contribution in [0.15, 0.2) is 24.3 Å². The molecule has 0 spiro atoms. The second-order valence-corrected chi connectivity index (χ2v) is 4.57. The third-order valence-corrected chi connectivity index (χ3v) is 3.58. The number of rotatable bonds is 2. The maximum Gasteiger partial charge on any atom is 0.159 e. The van der Waals surface area contributed by atoms with E-state index in [0.29, 0.717) is 5.78 Å². The van der Waals surface area contributed by atoms with Gasteiger partial charge in [0.2, 0.25) is 0 Å². The number of nitrogens with one attached hydrogen (secondary N) is 2. The second-order valence-electron chi connectivity index (χ2n) is 4.57. The fourth-order valence-corrected chi connectivity index (χ4v) is 2.71. The number of carbonyl (C=O) groups excluding carboxylic acids is 1. The molecule has 0 radical (unpaired) electrons. The molecular formula is C13H16N2O. The normalized spacial score (nSPS) is 27.5. The van der Waals surface area contributed by atoms with Crippen molar-refractivity contribution < 1.29 is 4.79 Å². The predicted molar refractivity (Wildman–Crippen MR) is 63.7 cm³/mol. The van der Waals surface area contributed by atoms with Crippen LogP contribution in [0.1, 0.15) is 24.3 Å². The molecule has 1 aromatic rings. The van der Waals surface area contributed by atoms with Gasteiger partial charge in [-0.25, -0.2) is 0 Å². The monoisotopic (exact) mass is 216 g/mol. The van der Waals surface area contributed by atoms with Crippen molar-refractivity contribution >= 4 is 11.5 Å². The summed E-state index contributed by atoms with van der Waals surface area (Å²) in [4.78, 5) is 12.3. The average molecular weight is 216 g/mol. The van der Waals surface area contributed by atoms with Crippen molar-refractivity contribution in [1.82, 2.24) is 5.32 Å². The minimum atomic E-state index is 0.0480. The van der Waals surface area contributed by atoms with E-state index in [1.807, 2.05) is 18.2 Å². The third-order valence-electron chi connectivity index (χ3n) is 3.58. The summed E-state index contributed by atoms with van der Waals surface area (Å²) in [5.41, 5.74) is 2.29. The number of ketones is 1. The number of fused-ring (bicyclic) bond motifs is 1. The summed E-state index contributed by atoms with van der Waals surface area (Å²) in [5, 5.41) is 6.59. The molecule has 0 amide bonds. The van der Waals surface area contributed by atoms with E-state index in [9.17, 15) is 4.79 Å². The lowest BCUT2D eigenvalue weighted by Gasteiger charge is -2.14. The summed E-state index contributed by atoms with van der Waals surface area (Å²) in [7, 11) is 0. The number of carbonyl (C=O) groups is 1. The van der Waals surface area contributed by atoms with Crippen molar-refractivity contribution in [2.75, 3.05) is 18.4 Å². The number of Topliss-reactive ketones (excluding diaryl/α,β-unsaturated/α-hetero) is 1. The molecule has 1 saturated heterocycles. The van der Waals surface area contributed by atoms with E-state index in [4.69, 9.17) is 0 Å². The smallest absolute Gasteiger partial charge is 0.159 e. The Kier molecular flexibility index (Phi) is 2.40. The predicted octanol–water partition coefficient (Wildman–Crippen LogP) is 1.52. The fourth-order valence-electron chi connectivity index (χ4n) is 2.71. The van der Waals surface area contributed by atoms with E-state index in [-0.39, 0.29) is 12.0 Å². The van der Waals surface area contributed by atoms with E-state index in [0.717, 1.165) is 31.6 Å². The van der Waals surface area contributed by atoms with Gasteiger partial charge in [-0.2, -0.15) is 0 Å². The van der Waals surface area contributed by atoms with Gasteiger partial charge in [0.25, 0.3) is 0 Å². The first-order chi connectivity index (χ1) is 7.86. The molecule has 2 atom stereocenters. The van der Waals surface area contributed by atoms with Gasteiger partial charge in [-0.3, -0.25) is 4.79 Å². The van der Waals surface area contributed by atoms with Crippen LogP contribution in [0.25, 0.3) is 0 Å². The molecule has 16 heavy (non-hydrogen) atoms. The minimum Gasteiger partial charge on any atom is -0.384 e. The van der Waals surface area contributed by atoms with Crippen molar-refractivity contribution in [2.45, 2.75) is 24.8 Å². The van der Waals surface area contributed by atoms with Crippen LogP contribution in [-0.4, -0.2) is 24.9 Å². The lowest BCUT2D eigenvalue weighted by molar-refractivity contribution is -0.121. The summed E-state index contributed by atoms with van der Waals surface area (Å²) in [6.45, 7) is 1.74. The molecular weight excluding hydrogens is 200 g/mol. The van der Waals surface area contributed by atoms with Crippen LogP contribution < -0.4 is 10.6 Å². The van der Waals surface area contributed by atoms with Crippen LogP contribution >= 0.6 is 0 Å². The molecule has 3 heteroatoms. The first kappa shape index (κ1) is 9.85. The second kappa shape index (κ2) is 3.91. The fraction of sp³-hybridized carbons (Fsp3) is 0.462. The van der Waals surface area contributed by atoms with Gasteiger partial charge >= 0.3 is 0 Å². The highest BCUT2D eigenvalue weighted by atomic mass is 16.1. The molecule has 84 valence electrons. The van der Waals surface area contributed by atoms with Gasteiger partial charge in [-0.15, -0.1) is 0 Å².